The Bertz CT molecular complexity index is 722. The smallest absolute Gasteiger partial charge is 0.308 e. The Balaban J connectivity index is 1.44. The van der Waals surface area contributed by atoms with E-state index in [1.165, 1.54) is 5.56 Å². The molecule has 1 saturated carbocycles. The van der Waals surface area contributed by atoms with Crippen LogP contribution in [0.15, 0.2) is 24.5 Å². The van der Waals surface area contributed by atoms with Gasteiger partial charge in [-0.05, 0) is 56.5 Å². The summed E-state index contributed by atoms with van der Waals surface area (Å²) in [6, 6.07) is 4.06. The van der Waals surface area contributed by atoms with Crippen LogP contribution in [0.25, 0.3) is 0 Å². The van der Waals surface area contributed by atoms with E-state index in [1.54, 1.807) is 0 Å². The number of aliphatic carboxylic acids is 1. The van der Waals surface area contributed by atoms with E-state index in [4.69, 9.17) is 0 Å². The van der Waals surface area contributed by atoms with Crippen LogP contribution in [0.2, 0.25) is 0 Å². The lowest BCUT2D eigenvalue weighted by Gasteiger charge is -2.41. The number of pyridine rings is 1. The lowest BCUT2D eigenvalue weighted by atomic mass is 9.71. The highest BCUT2D eigenvalue weighted by Crippen LogP contribution is 2.48. The molecule has 0 radical (unpaired) electrons. The third-order valence-electron chi connectivity index (χ3n) is 7.46. The monoisotopic (exact) mass is 385 g/mol. The summed E-state index contributed by atoms with van der Waals surface area (Å²) < 4.78 is 0. The van der Waals surface area contributed by atoms with Gasteiger partial charge in [0.2, 0.25) is 5.91 Å². The third kappa shape index (κ3) is 3.54. The average Bonchev–Trinajstić information content (AvgIpc) is 3.29. The molecule has 6 heteroatoms. The molecule has 0 aromatic carbocycles. The van der Waals surface area contributed by atoms with Crippen LogP contribution in [-0.2, 0) is 16.1 Å². The zero-order valence-electron chi connectivity index (χ0n) is 16.8. The van der Waals surface area contributed by atoms with Crippen molar-refractivity contribution < 1.29 is 14.7 Å². The summed E-state index contributed by atoms with van der Waals surface area (Å²) >= 11 is 0. The van der Waals surface area contributed by atoms with Gasteiger partial charge in [-0.15, -0.1) is 0 Å². The molecule has 1 N–H and O–H groups in total. The highest BCUT2D eigenvalue weighted by Gasteiger charge is 2.54. The van der Waals surface area contributed by atoms with Crippen LogP contribution in [-0.4, -0.2) is 57.9 Å². The number of hydrogen-bond donors (Lipinski definition) is 1. The number of hydrogen-bond acceptors (Lipinski definition) is 4. The van der Waals surface area contributed by atoms with E-state index in [9.17, 15) is 14.7 Å². The molecular formula is C22H31N3O3. The van der Waals surface area contributed by atoms with Crippen molar-refractivity contribution in [2.45, 2.75) is 52.0 Å². The number of carbonyl (C=O) groups is 2. The first-order chi connectivity index (χ1) is 13.4. The number of nitrogens with zero attached hydrogens (tertiary/aromatic N) is 3. The number of aromatic nitrogens is 1. The second-order valence-electron chi connectivity index (χ2n) is 9.34. The quantitative estimate of drug-likeness (QED) is 0.863. The van der Waals surface area contributed by atoms with Gasteiger partial charge in [-0.3, -0.25) is 19.5 Å². The van der Waals surface area contributed by atoms with Crippen molar-refractivity contribution in [1.29, 1.82) is 0 Å². The molecule has 1 aromatic rings. The highest BCUT2D eigenvalue weighted by atomic mass is 16.4. The molecule has 2 aliphatic heterocycles. The van der Waals surface area contributed by atoms with Crippen molar-refractivity contribution >= 4 is 11.9 Å². The molecule has 0 bridgehead atoms. The van der Waals surface area contributed by atoms with Crippen LogP contribution in [0.1, 0.15) is 51.0 Å². The van der Waals surface area contributed by atoms with E-state index in [1.807, 2.05) is 29.4 Å². The van der Waals surface area contributed by atoms with Crippen LogP contribution in [0.3, 0.4) is 0 Å². The molecular weight excluding hydrogens is 354 g/mol. The lowest BCUT2D eigenvalue weighted by Crippen LogP contribution is -2.46. The minimum absolute atomic E-state index is 0.187. The molecule has 1 atom stereocenters. The van der Waals surface area contributed by atoms with Crippen molar-refractivity contribution in [2.24, 2.45) is 16.7 Å². The van der Waals surface area contributed by atoms with Gasteiger partial charge in [0.25, 0.3) is 0 Å². The number of carboxylic acid groups (broad SMARTS) is 1. The molecule has 1 aliphatic carbocycles. The molecule has 152 valence electrons. The highest BCUT2D eigenvalue weighted by molar-refractivity contribution is 5.84. The van der Waals surface area contributed by atoms with Gasteiger partial charge in [0.1, 0.15) is 0 Å². The predicted molar refractivity (Wildman–Crippen MR) is 105 cm³/mol. The number of carboxylic acids is 1. The maximum atomic E-state index is 13.2. The first-order valence-electron chi connectivity index (χ1n) is 10.6. The Labute approximate surface area is 166 Å². The molecule has 2 saturated heterocycles. The minimum Gasteiger partial charge on any atom is -0.481 e. The van der Waals surface area contributed by atoms with E-state index in [-0.39, 0.29) is 16.7 Å². The van der Waals surface area contributed by atoms with Crippen molar-refractivity contribution in [3.05, 3.63) is 30.1 Å². The van der Waals surface area contributed by atoms with Crippen molar-refractivity contribution in [3.63, 3.8) is 0 Å². The number of rotatable bonds is 4. The molecule has 1 amide bonds. The largest absolute Gasteiger partial charge is 0.481 e. The first-order valence-corrected chi connectivity index (χ1v) is 10.6. The Morgan fingerprint density at radius 2 is 1.79 bits per heavy atom. The normalized spacial score (nSPS) is 26.6. The fourth-order valence-electron chi connectivity index (χ4n) is 5.62. The molecule has 3 aliphatic rings. The Morgan fingerprint density at radius 1 is 1.14 bits per heavy atom. The van der Waals surface area contributed by atoms with Crippen molar-refractivity contribution in [3.8, 4) is 0 Å². The molecule has 1 spiro atoms. The second kappa shape index (κ2) is 7.47. The van der Waals surface area contributed by atoms with Crippen LogP contribution in [0, 0.1) is 16.7 Å². The summed E-state index contributed by atoms with van der Waals surface area (Å²) in [6.45, 7) is 5.70. The summed E-state index contributed by atoms with van der Waals surface area (Å²) in [7, 11) is 0. The van der Waals surface area contributed by atoms with Gasteiger partial charge >= 0.3 is 5.97 Å². The van der Waals surface area contributed by atoms with E-state index in [0.717, 1.165) is 58.2 Å². The Morgan fingerprint density at radius 3 is 2.39 bits per heavy atom. The Hall–Kier alpha value is -1.95. The minimum atomic E-state index is -0.741. The molecule has 6 nitrogen and oxygen atoms in total. The topological polar surface area (TPSA) is 73.7 Å². The first kappa shape index (κ1) is 19.4. The maximum Gasteiger partial charge on any atom is 0.308 e. The SMILES string of the molecule is CC1(C(=O)N2CC(C(=O)O)C3(CCN(Cc4ccncc4)CC3)C2)CCCC1. The number of carbonyl (C=O) groups excluding carboxylic acids is 1. The summed E-state index contributed by atoms with van der Waals surface area (Å²) in [5.74, 6) is -0.994. The number of piperidine rings is 1. The number of amides is 1. The summed E-state index contributed by atoms with van der Waals surface area (Å²) in [4.78, 5) is 33.6. The van der Waals surface area contributed by atoms with Crippen molar-refractivity contribution in [1.82, 2.24) is 14.8 Å². The molecule has 28 heavy (non-hydrogen) atoms. The predicted octanol–water partition coefficient (Wildman–Crippen LogP) is 2.79. The van der Waals surface area contributed by atoms with Gasteiger partial charge < -0.3 is 10.0 Å². The molecule has 1 unspecified atom stereocenters. The second-order valence-corrected chi connectivity index (χ2v) is 9.34. The summed E-state index contributed by atoms with van der Waals surface area (Å²) in [5, 5.41) is 9.90. The van der Waals surface area contributed by atoms with Gasteiger partial charge in [0.05, 0.1) is 5.92 Å². The van der Waals surface area contributed by atoms with Gasteiger partial charge in [-0.1, -0.05) is 19.8 Å². The molecule has 1 aromatic heterocycles. The maximum absolute atomic E-state index is 13.2. The van der Waals surface area contributed by atoms with Gasteiger partial charge in [-0.2, -0.15) is 0 Å². The Kier molecular flexibility index (Phi) is 5.17. The van der Waals surface area contributed by atoms with Gasteiger partial charge in [-0.25, -0.2) is 0 Å². The molecule has 3 fully saturated rings. The van der Waals surface area contributed by atoms with E-state index in [2.05, 4.69) is 16.8 Å². The van der Waals surface area contributed by atoms with Crippen LogP contribution < -0.4 is 0 Å². The molecule has 3 heterocycles. The van der Waals surface area contributed by atoms with E-state index in [0.29, 0.717) is 13.1 Å². The fourth-order valence-corrected chi connectivity index (χ4v) is 5.62. The summed E-state index contributed by atoms with van der Waals surface area (Å²) in [6.07, 6.45) is 9.39. The van der Waals surface area contributed by atoms with Crippen LogP contribution in [0.4, 0.5) is 0 Å². The van der Waals surface area contributed by atoms with Gasteiger partial charge in [0.15, 0.2) is 0 Å². The zero-order valence-corrected chi connectivity index (χ0v) is 16.8. The zero-order chi connectivity index (χ0) is 19.8. The van der Waals surface area contributed by atoms with E-state index < -0.39 is 11.9 Å². The average molecular weight is 386 g/mol. The van der Waals surface area contributed by atoms with E-state index >= 15 is 0 Å². The number of likely N-dealkylation sites (tertiary alicyclic amines) is 2. The lowest BCUT2D eigenvalue weighted by molar-refractivity contribution is -0.146. The van der Waals surface area contributed by atoms with Crippen LogP contribution in [0.5, 0.6) is 0 Å². The summed E-state index contributed by atoms with van der Waals surface area (Å²) in [5.41, 5.74) is 0.681. The third-order valence-corrected chi connectivity index (χ3v) is 7.46. The standard InChI is InChI=1S/C22H31N3O3/c1-21(6-2-3-7-21)20(28)25-15-18(19(26)27)22(16-25)8-12-24(13-9-22)14-17-4-10-23-11-5-17/h4-5,10-11,18H,2-3,6-9,12-16H2,1H3,(H,26,27). The fraction of sp³-hybridized carbons (Fsp3) is 0.682. The molecule has 4 rings (SSSR count). The van der Waals surface area contributed by atoms with Crippen molar-refractivity contribution in [2.75, 3.05) is 26.2 Å². The van der Waals surface area contributed by atoms with Crippen LogP contribution >= 0.6 is 0 Å². The van der Waals surface area contributed by atoms with Gasteiger partial charge in [0, 0.05) is 42.9 Å².